The highest BCUT2D eigenvalue weighted by atomic mass is 32.2. The summed E-state index contributed by atoms with van der Waals surface area (Å²) in [7, 11) is -2.92. The van der Waals surface area contributed by atoms with Crippen LogP contribution in [0.5, 0.6) is 5.75 Å². The predicted octanol–water partition coefficient (Wildman–Crippen LogP) is 1.76. The Hall–Kier alpha value is -1.54. The standard InChI is InChI=1S/C12H15NO3S/c1-2-17(14,15)8-4-7-16-12-6-3-5-11(9-12)10-13/h3,5-6,9H,2,4,7-8H2,1H3. The lowest BCUT2D eigenvalue weighted by molar-refractivity contribution is 0.317. The molecule has 0 heterocycles. The highest BCUT2D eigenvalue weighted by Gasteiger charge is 2.06. The molecule has 0 fully saturated rings. The van der Waals surface area contributed by atoms with Crippen molar-refractivity contribution < 1.29 is 13.2 Å². The van der Waals surface area contributed by atoms with Crippen molar-refractivity contribution in [3.63, 3.8) is 0 Å². The molecule has 0 radical (unpaired) electrons. The van der Waals surface area contributed by atoms with Crippen LogP contribution in [0.15, 0.2) is 24.3 Å². The molecule has 0 aliphatic rings. The molecule has 0 aliphatic heterocycles. The molecule has 4 nitrogen and oxygen atoms in total. The molecule has 0 spiro atoms. The third-order valence-corrected chi connectivity index (χ3v) is 4.06. The van der Waals surface area contributed by atoms with E-state index in [4.69, 9.17) is 10.00 Å². The molecule has 0 aliphatic carbocycles. The molecule has 0 N–H and O–H groups in total. The maximum atomic E-state index is 11.2. The maximum Gasteiger partial charge on any atom is 0.150 e. The Labute approximate surface area is 102 Å². The van der Waals surface area contributed by atoms with E-state index in [-0.39, 0.29) is 11.5 Å². The Bertz CT molecular complexity index is 503. The van der Waals surface area contributed by atoms with Gasteiger partial charge in [-0.15, -0.1) is 0 Å². The second kappa shape index (κ2) is 6.26. The third kappa shape index (κ3) is 4.87. The molecule has 0 saturated heterocycles. The lowest BCUT2D eigenvalue weighted by Gasteiger charge is -2.06. The van der Waals surface area contributed by atoms with Gasteiger partial charge in [-0.3, -0.25) is 0 Å². The van der Waals surface area contributed by atoms with Crippen LogP contribution >= 0.6 is 0 Å². The number of nitrogens with zero attached hydrogens (tertiary/aromatic N) is 1. The zero-order chi connectivity index (χ0) is 12.7. The quantitative estimate of drug-likeness (QED) is 0.724. The van der Waals surface area contributed by atoms with Gasteiger partial charge in [0.15, 0.2) is 0 Å². The summed E-state index contributed by atoms with van der Waals surface area (Å²) in [5.41, 5.74) is 0.531. The van der Waals surface area contributed by atoms with Crippen LogP contribution in [0, 0.1) is 11.3 Å². The summed E-state index contributed by atoms with van der Waals surface area (Å²) in [6.07, 6.45) is 0.465. The molecule has 1 rings (SSSR count). The lowest BCUT2D eigenvalue weighted by Crippen LogP contribution is -2.11. The number of hydrogen-bond acceptors (Lipinski definition) is 4. The number of benzene rings is 1. The summed E-state index contributed by atoms with van der Waals surface area (Å²) < 4.78 is 27.8. The molecular formula is C12H15NO3S. The first-order valence-corrected chi connectivity index (χ1v) is 7.23. The van der Waals surface area contributed by atoms with Crippen molar-refractivity contribution in [3.8, 4) is 11.8 Å². The first-order valence-electron chi connectivity index (χ1n) is 5.41. The number of rotatable bonds is 6. The van der Waals surface area contributed by atoms with E-state index in [1.807, 2.05) is 6.07 Å². The van der Waals surface area contributed by atoms with E-state index in [0.717, 1.165) is 0 Å². The number of nitriles is 1. The van der Waals surface area contributed by atoms with Crippen LogP contribution in [0.2, 0.25) is 0 Å². The van der Waals surface area contributed by atoms with E-state index in [9.17, 15) is 8.42 Å². The van der Waals surface area contributed by atoms with Gasteiger partial charge in [-0.25, -0.2) is 8.42 Å². The molecule has 92 valence electrons. The van der Waals surface area contributed by atoms with E-state index in [2.05, 4.69) is 0 Å². The minimum absolute atomic E-state index is 0.140. The summed E-state index contributed by atoms with van der Waals surface area (Å²) in [5, 5.41) is 8.69. The number of ether oxygens (including phenoxy) is 1. The van der Waals surface area contributed by atoms with Gasteiger partial charge in [0.1, 0.15) is 15.6 Å². The van der Waals surface area contributed by atoms with E-state index in [1.165, 1.54) is 0 Å². The van der Waals surface area contributed by atoms with Gasteiger partial charge in [0.25, 0.3) is 0 Å². The van der Waals surface area contributed by atoms with Gasteiger partial charge in [0.05, 0.1) is 24.0 Å². The van der Waals surface area contributed by atoms with Crippen molar-refractivity contribution in [2.24, 2.45) is 0 Å². The minimum atomic E-state index is -2.92. The van der Waals surface area contributed by atoms with E-state index in [0.29, 0.717) is 24.3 Å². The molecule has 17 heavy (non-hydrogen) atoms. The van der Waals surface area contributed by atoms with Crippen molar-refractivity contribution in [1.29, 1.82) is 5.26 Å². The summed E-state index contributed by atoms with van der Waals surface area (Å²) in [6.45, 7) is 1.97. The van der Waals surface area contributed by atoms with Crippen LogP contribution in [0.3, 0.4) is 0 Å². The fourth-order valence-corrected chi connectivity index (χ4v) is 2.11. The number of sulfone groups is 1. The average Bonchev–Trinajstić information content (AvgIpc) is 2.35. The number of hydrogen-bond donors (Lipinski definition) is 0. The zero-order valence-corrected chi connectivity index (χ0v) is 10.5. The Morgan fingerprint density at radius 2 is 2.18 bits per heavy atom. The fraction of sp³-hybridized carbons (Fsp3) is 0.417. The smallest absolute Gasteiger partial charge is 0.150 e. The van der Waals surface area contributed by atoms with Crippen LogP contribution in [-0.4, -0.2) is 26.5 Å². The topological polar surface area (TPSA) is 67.2 Å². The van der Waals surface area contributed by atoms with E-state index < -0.39 is 9.84 Å². The van der Waals surface area contributed by atoms with Crippen LogP contribution in [0.1, 0.15) is 18.9 Å². The molecule has 0 aromatic heterocycles. The SMILES string of the molecule is CCS(=O)(=O)CCCOc1cccc(C#N)c1. The van der Waals surface area contributed by atoms with Crippen molar-refractivity contribution in [2.45, 2.75) is 13.3 Å². The first kappa shape index (κ1) is 13.5. The monoisotopic (exact) mass is 253 g/mol. The fourth-order valence-electron chi connectivity index (χ4n) is 1.27. The highest BCUT2D eigenvalue weighted by Crippen LogP contribution is 2.12. The predicted molar refractivity (Wildman–Crippen MR) is 65.6 cm³/mol. The Kier molecular flexibility index (Phi) is 4.98. The van der Waals surface area contributed by atoms with Crippen molar-refractivity contribution in [3.05, 3.63) is 29.8 Å². The van der Waals surface area contributed by atoms with Crippen LogP contribution in [-0.2, 0) is 9.84 Å². The molecule has 1 aromatic carbocycles. The van der Waals surface area contributed by atoms with Gasteiger partial charge in [-0.05, 0) is 24.6 Å². The summed E-state index contributed by atoms with van der Waals surface area (Å²) in [6, 6.07) is 8.82. The third-order valence-electron chi connectivity index (χ3n) is 2.27. The molecule has 0 bridgehead atoms. The largest absolute Gasteiger partial charge is 0.494 e. The second-order valence-electron chi connectivity index (χ2n) is 3.58. The summed E-state index contributed by atoms with van der Waals surface area (Å²) in [4.78, 5) is 0. The van der Waals surface area contributed by atoms with Crippen LogP contribution in [0.4, 0.5) is 0 Å². The molecule has 5 heteroatoms. The normalized spacial score (nSPS) is 10.8. The van der Waals surface area contributed by atoms with E-state index >= 15 is 0 Å². The second-order valence-corrected chi connectivity index (χ2v) is 6.05. The Morgan fingerprint density at radius 3 is 2.82 bits per heavy atom. The van der Waals surface area contributed by atoms with Crippen molar-refractivity contribution in [2.75, 3.05) is 18.1 Å². The molecular weight excluding hydrogens is 238 g/mol. The lowest BCUT2D eigenvalue weighted by atomic mass is 10.2. The molecule has 0 atom stereocenters. The maximum absolute atomic E-state index is 11.2. The summed E-state index contributed by atoms with van der Waals surface area (Å²) in [5.74, 6) is 0.899. The van der Waals surface area contributed by atoms with Crippen LogP contribution in [0.25, 0.3) is 0 Å². The van der Waals surface area contributed by atoms with Gasteiger partial charge < -0.3 is 4.74 Å². The van der Waals surface area contributed by atoms with Crippen molar-refractivity contribution >= 4 is 9.84 Å². The van der Waals surface area contributed by atoms with Gasteiger partial charge in [0, 0.05) is 5.75 Å². The van der Waals surface area contributed by atoms with Gasteiger partial charge in [-0.2, -0.15) is 5.26 Å². The molecule has 0 amide bonds. The van der Waals surface area contributed by atoms with Gasteiger partial charge in [-0.1, -0.05) is 13.0 Å². The summed E-state index contributed by atoms with van der Waals surface area (Å²) >= 11 is 0. The van der Waals surface area contributed by atoms with Crippen molar-refractivity contribution in [1.82, 2.24) is 0 Å². The van der Waals surface area contributed by atoms with Gasteiger partial charge in [0.2, 0.25) is 0 Å². The Balaban J connectivity index is 2.39. The molecule has 0 saturated carbocycles. The highest BCUT2D eigenvalue weighted by molar-refractivity contribution is 7.91. The molecule has 0 unspecified atom stereocenters. The zero-order valence-electron chi connectivity index (χ0n) is 9.72. The molecule has 1 aromatic rings. The van der Waals surface area contributed by atoms with Gasteiger partial charge >= 0.3 is 0 Å². The van der Waals surface area contributed by atoms with E-state index in [1.54, 1.807) is 31.2 Å². The minimum Gasteiger partial charge on any atom is -0.494 e. The first-order chi connectivity index (χ1) is 8.07. The average molecular weight is 253 g/mol. The van der Waals surface area contributed by atoms with Crippen LogP contribution < -0.4 is 4.74 Å². The Morgan fingerprint density at radius 1 is 1.41 bits per heavy atom.